The van der Waals surface area contributed by atoms with Gasteiger partial charge in [0.15, 0.2) is 0 Å². The van der Waals surface area contributed by atoms with Crippen LogP contribution in [-0.4, -0.2) is 31.1 Å². The molecule has 1 saturated heterocycles. The number of hydrogen-bond acceptors (Lipinski definition) is 2. The second kappa shape index (κ2) is 3.94. The summed E-state index contributed by atoms with van der Waals surface area (Å²) in [6.45, 7) is 2.50. The van der Waals surface area contributed by atoms with E-state index in [0.29, 0.717) is 6.61 Å². The van der Waals surface area contributed by atoms with E-state index in [-0.39, 0.29) is 31.4 Å². The molecule has 0 atom stereocenters. The molecular weight excluding hydrogens is 113 g/mol. The predicted molar refractivity (Wildman–Crippen MR) is 27.9 cm³/mol. The summed E-state index contributed by atoms with van der Waals surface area (Å²) in [6, 6.07) is 0. The summed E-state index contributed by atoms with van der Waals surface area (Å²) in [6.07, 6.45) is 0. The number of ether oxygens (including phenoxy) is 1. The summed E-state index contributed by atoms with van der Waals surface area (Å²) in [5.74, 6) is 0.0243. The van der Waals surface area contributed by atoms with Crippen LogP contribution in [0.15, 0.2) is 0 Å². The van der Waals surface area contributed by atoms with E-state index in [0.717, 1.165) is 0 Å². The van der Waals surface area contributed by atoms with Crippen molar-refractivity contribution in [3.8, 4) is 0 Å². The summed E-state index contributed by atoms with van der Waals surface area (Å²) in [7, 11) is 1.73. The van der Waals surface area contributed by atoms with Gasteiger partial charge in [-0.15, -0.1) is 0 Å². The van der Waals surface area contributed by atoms with Gasteiger partial charge in [-0.25, -0.2) is 6.54 Å². The van der Waals surface area contributed by atoms with Crippen molar-refractivity contribution >= 4 is 5.91 Å². The molecule has 1 aliphatic heterocycles. The van der Waals surface area contributed by atoms with E-state index in [4.69, 9.17) is 4.74 Å². The molecule has 46 valence electrons. The van der Waals surface area contributed by atoms with Gasteiger partial charge in [-0.2, -0.15) is 0 Å². The summed E-state index contributed by atoms with van der Waals surface area (Å²) in [5, 5.41) is 0. The van der Waals surface area contributed by atoms with E-state index in [9.17, 15) is 4.79 Å². The van der Waals surface area contributed by atoms with Gasteiger partial charge in [0.1, 0.15) is 6.61 Å². The number of nitrogens with zero attached hydrogens (tertiary/aromatic N) is 1. The number of likely N-dealkylation sites (N-methyl/N-ethyl adjacent to an activating group) is 1. The minimum atomic E-state index is 0. The van der Waals surface area contributed by atoms with Gasteiger partial charge in [0.2, 0.25) is 5.91 Å². The van der Waals surface area contributed by atoms with Gasteiger partial charge in [0.05, 0.1) is 0 Å². The van der Waals surface area contributed by atoms with Crippen molar-refractivity contribution in [1.29, 1.82) is 0 Å². The topological polar surface area (TPSA) is 29.5 Å². The maximum Gasteiger partial charge on any atom is 1.00 e. The van der Waals surface area contributed by atoms with Crippen molar-refractivity contribution in [1.82, 2.24) is 4.90 Å². The molecule has 1 fully saturated rings. The smallest absolute Gasteiger partial charge is 0.491 e. The Morgan fingerprint density at radius 1 is 1.78 bits per heavy atom. The molecule has 0 bridgehead atoms. The molecule has 0 aromatic carbocycles. The molecule has 9 heavy (non-hydrogen) atoms. The van der Waals surface area contributed by atoms with Crippen molar-refractivity contribution in [2.45, 2.75) is 0 Å². The molecule has 4 heteroatoms. The van der Waals surface area contributed by atoms with Gasteiger partial charge in [0, 0.05) is 0 Å². The summed E-state index contributed by atoms with van der Waals surface area (Å²) in [5.41, 5.74) is 0. The molecule has 1 aliphatic rings. The second-order valence-corrected chi connectivity index (χ2v) is 1.70. The first kappa shape index (κ1) is 9.03. The zero-order valence-electron chi connectivity index (χ0n) is 5.76. The number of rotatable bonds is 0. The van der Waals surface area contributed by atoms with Crippen LogP contribution in [0.25, 0.3) is 0 Å². The third-order valence-corrected chi connectivity index (χ3v) is 1.09. The van der Waals surface area contributed by atoms with Gasteiger partial charge >= 0.3 is 18.9 Å². The summed E-state index contributed by atoms with van der Waals surface area (Å²) < 4.78 is 4.81. The number of carbonyl (C=O) groups excluding carboxylic acids is 1. The molecule has 0 aliphatic carbocycles. The van der Waals surface area contributed by atoms with E-state index in [1.807, 2.05) is 0 Å². The Bertz CT molecular complexity index is 107. The van der Waals surface area contributed by atoms with Crippen molar-refractivity contribution in [3.05, 3.63) is 6.54 Å². The van der Waals surface area contributed by atoms with Crippen molar-refractivity contribution < 1.29 is 28.4 Å². The molecule has 0 N–H and O–H groups in total. The Morgan fingerprint density at radius 2 is 2.44 bits per heavy atom. The minimum Gasteiger partial charge on any atom is -0.491 e. The Kier molecular flexibility index (Phi) is 3.95. The normalized spacial score (nSPS) is 19.2. The first-order chi connectivity index (χ1) is 3.80. The standard InChI is InChI=1S/C5H8NO2.Li/c1-6-2-3-8-4-5(6)7;/h2H,3-4H2,1H3;/q-1;+1. The van der Waals surface area contributed by atoms with Gasteiger partial charge in [-0.3, -0.25) is 4.79 Å². The number of hydrogen-bond donors (Lipinski definition) is 0. The maximum absolute atomic E-state index is 10.6. The van der Waals surface area contributed by atoms with Crippen LogP contribution in [-0.2, 0) is 9.53 Å². The molecule has 0 radical (unpaired) electrons. The van der Waals surface area contributed by atoms with Crippen LogP contribution in [0, 0.1) is 6.54 Å². The van der Waals surface area contributed by atoms with Crippen LogP contribution in [0.5, 0.6) is 0 Å². The summed E-state index contributed by atoms with van der Waals surface area (Å²) >= 11 is 0. The van der Waals surface area contributed by atoms with Crippen molar-refractivity contribution in [2.24, 2.45) is 0 Å². The SMILES string of the molecule is CN1[CH-]COCC1=O.[Li+]. The summed E-state index contributed by atoms with van der Waals surface area (Å²) in [4.78, 5) is 12.1. The average Bonchev–Trinajstić information content (AvgIpc) is 1.77. The fourth-order valence-electron chi connectivity index (χ4n) is 0.514. The number of carbonyl (C=O) groups is 1. The molecule has 1 rings (SSSR count). The maximum atomic E-state index is 10.6. The first-order valence-electron chi connectivity index (χ1n) is 2.47. The third kappa shape index (κ3) is 2.40. The van der Waals surface area contributed by atoms with Gasteiger partial charge in [-0.05, 0) is 7.05 Å². The van der Waals surface area contributed by atoms with E-state index < -0.39 is 0 Å². The van der Waals surface area contributed by atoms with Crippen molar-refractivity contribution in [2.75, 3.05) is 20.3 Å². The van der Waals surface area contributed by atoms with Gasteiger partial charge < -0.3 is 9.64 Å². The number of amides is 1. The van der Waals surface area contributed by atoms with Crippen LogP contribution >= 0.6 is 0 Å². The Balaban J connectivity index is 0.000000640. The fourth-order valence-corrected chi connectivity index (χ4v) is 0.514. The molecule has 0 aromatic rings. The second-order valence-electron chi connectivity index (χ2n) is 1.70. The zero-order valence-corrected chi connectivity index (χ0v) is 5.76. The fraction of sp³-hybridized carbons (Fsp3) is 0.600. The minimum absolute atomic E-state index is 0. The van der Waals surface area contributed by atoms with Crippen LogP contribution in [0.2, 0.25) is 0 Å². The van der Waals surface area contributed by atoms with E-state index in [2.05, 4.69) is 0 Å². The zero-order chi connectivity index (χ0) is 5.98. The van der Waals surface area contributed by atoms with Gasteiger partial charge in [-0.1, -0.05) is 6.61 Å². The first-order valence-corrected chi connectivity index (χ1v) is 2.47. The molecule has 1 amide bonds. The van der Waals surface area contributed by atoms with Crippen LogP contribution in [0.1, 0.15) is 0 Å². The molecule has 0 unspecified atom stereocenters. The van der Waals surface area contributed by atoms with E-state index in [1.54, 1.807) is 18.5 Å². The van der Waals surface area contributed by atoms with E-state index >= 15 is 0 Å². The Hall–Kier alpha value is 0.0274. The Morgan fingerprint density at radius 3 is 2.78 bits per heavy atom. The molecular formula is C5H8LiNO2. The molecule has 1 heterocycles. The average molecular weight is 121 g/mol. The molecule has 0 aromatic heterocycles. The largest absolute Gasteiger partial charge is 1.00 e. The van der Waals surface area contributed by atoms with Gasteiger partial charge in [0.25, 0.3) is 0 Å². The van der Waals surface area contributed by atoms with E-state index in [1.165, 1.54) is 0 Å². The van der Waals surface area contributed by atoms with Crippen LogP contribution in [0.4, 0.5) is 0 Å². The van der Waals surface area contributed by atoms with Crippen LogP contribution < -0.4 is 18.9 Å². The molecule has 3 nitrogen and oxygen atoms in total. The van der Waals surface area contributed by atoms with Crippen molar-refractivity contribution in [3.63, 3.8) is 0 Å². The monoisotopic (exact) mass is 121 g/mol. The quantitative estimate of drug-likeness (QED) is 0.247. The predicted octanol–water partition coefficient (Wildman–Crippen LogP) is -3.36. The Labute approximate surface area is 66.5 Å². The molecule has 0 spiro atoms. The number of morpholine rings is 1. The third-order valence-electron chi connectivity index (χ3n) is 1.09. The molecule has 0 saturated carbocycles. The van der Waals surface area contributed by atoms with Crippen LogP contribution in [0.3, 0.4) is 0 Å².